The molecule has 0 bridgehead atoms. The van der Waals surface area contributed by atoms with Gasteiger partial charge in [0, 0.05) is 0 Å². The van der Waals surface area contributed by atoms with E-state index in [-0.39, 0.29) is 10.4 Å². The molecule has 120 valence electrons. The van der Waals surface area contributed by atoms with Gasteiger partial charge >= 0.3 is 0 Å². The highest BCUT2D eigenvalue weighted by Crippen LogP contribution is 3.20. The van der Waals surface area contributed by atoms with Crippen LogP contribution >= 0.6 is 0 Å². The maximum Gasteiger partial charge on any atom is 0.107 e. The van der Waals surface area contributed by atoms with E-state index in [1.54, 1.807) is 0 Å². The van der Waals surface area contributed by atoms with E-state index in [9.17, 15) is 0 Å². The lowest BCUT2D eigenvalue weighted by atomic mass is 8.97. The molecule has 0 aromatic carbocycles. The van der Waals surface area contributed by atoms with Crippen LogP contribution in [0.4, 0.5) is 0 Å². The van der Waals surface area contributed by atoms with Crippen LogP contribution in [-0.2, 0) is 0 Å². The Morgan fingerprint density at radius 1 is 0.560 bits per heavy atom. The third kappa shape index (κ3) is 1.20. The van der Waals surface area contributed by atoms with E-state index in [0.717, 1.165) is 0 Å². The molecule has 3 rings (SSSR count). The normalized spacial score (nSPS) is 46.5. The number of hydrogen-bond donors (Lipinski definition) is 0. The fraction of sp³-hybridized carbons (Fsp3) is 1.00. The summed E-state index contributed by atoms with van der Waals surface area (Å²) in [5, 5.41) is 2.29. The quantitative estimate of drug-likeness (QED) is 0.444. The van der Waals surface area contributed by atoms with Gasteiger partial charge in [-0.2, -0.15) is 0 Å². The fourth-order valence-electron chi connectivity index (χ4n) is 11.3. The minimum Gasteiger partial charge on any atom is -0.0937 e. The molecule has 3 aliphatic carbocycles. The molecule has 3 atom stereocenters. The van der Waals surface area contributed by atoms with Crippen LogP contribution in [0.15, 0.2) is 0 Å². The molecule has 25 heavy (non-hydrogen) atoms. The van der Waals surface area contributed by atoms with Gasteiger partial charge in [-0.1, -0.05) is 61.8 Å². The zero-order chi connectivity index (χ0) is 20.1. The first-order chi connectivity index (χ1) is 10.7. The van der Waals surface area contributed by atoms with Crippen molar-refractivity contribution < 1.29 is 0 Å². The maximum atomic E-state index is 2.66. The number of hydrogen-bond acceptors (Lipinski definition) is 0. The molecule has 0 nitrogen and oxygen atoms in total. The smallest absolute Gasteiger partial charge is 0.0937 e. The molecule has 3 aliphatic rings. The van der Waals surface area contributed by atoms with Crippen LogP contribution in [0.25, 0.3) is 0 Å². The molecule has 0 heterocycles. The predicted molar refractivity (Wildman–Crippen MR) is 150 cm³/mol. The molecule has 0 radical (unpaired) electrons. The van der Waals surface area contributed by atoms with Crippen LogP contribution in [-0.4, -0.2) is 102 Å². The average molecular weight is 318 g/mol. The standard InChI is InChI=1S/C12H33B13/c1-3(2)4(13,14)5-6(11(22,23)9(5,18)19)7(15,8(6,16)17)12(24,25)10(5,20)21/h3H,13-25H2,1-2H3. The minimum absolute atomic E-state index is 0.289. The van der Waals surface area contributed by atoms with Crippen molar-refractivity contribution in [1.82, 2.24) is 0 Å². The summed E-state index contributed by atoms with van der Waals surface area (Å²) in [5.41, 5.74) is 0.712. The van der Waals surface area contributed by atoms with Gasteiger partial charge in [0.2, 0.25) is 0 Å². The van der Waals surface area contributed by atoms with Crippen molar-refractivity contribution in [1.29, 1.82) is 0 Å². The van der Waals surface area contributed by atoms with Crippen LogP contribution in [0.5, 0.6) is 0 Å². The Labute approximate surface area is 169 Å². The van der Waals surface area contributed by atoms with Gasteiger partial charge in [-0.3, -0.25) is 0 Å². The predicted octanol–water partition coefficient (Wildman–Crippen LogP) is -9.26. The lowest BCUT2D eigenvalue weighted by Crippen LogP contribution is -2.76. The summed E-state index contributed by atoms with van der Waals surface area (Å²) in [6.45, 7) is 4.94. The molecule has 3 saturated carbocycles. The van der Waals surface area contributed by atoms with Gasteiger partial charge in [-0.25, -0.2) is 0 Å². The summed E-state index contributed by atoms with van der Waals surface area (Å²) in [6, 6.07) is 0. The molecule has 0 saturated heterocycles. The second kappa shape index (κ2) is 4.22. The van der Waals surface area contributed by atoms with E-state index >= 15 is 0 Å². The maximum absolute atomic E-state index is 2.66. The Balaban J connectivity index is 2.54. The van der Waals surface area contributed by atoms with E-state index in [2.05, 4.69) is 116 Å². The van der Waals surface area contributed by atoms with Gasteiger partial charge in [0.15, 0.2) is 0 Å². The Morgan fingerprint density at radius 2 is 0.920 bits per heavy atom. The third-order valence-electron chi connectivity index (χ3n) is 13.0. The zero-order valence-electron chi connectivity index (χ0n) is 20.1. The Bertz CT molecular complexity index is 654. The van der Waals surface area contributed by atoms with Crippen LogP contribution in [0.2, 0.25) is 36.6 Å². The first-order valence-electron chi connectivity index (χ1n) is 10.7. The first kappa shape index (κ1) is 20.6. The Hall–Kier alpha value is 0.844. The van der Waals surface area contributed by atoms with Crippen LogP contribution < -0.4 is 0 Å². The summed E-state index contributed by atoms with van der Waals surface area (Å²) in [4.78, 5) is 0. The monoisotopic (exact) mass is 320 g/mol. The van der Waals surface area contributed by atoms with Gasteiger partial charge in [-0.05, 0) is 5.41 Å². The molecule has 1 spiro atoms. The molecule has 13 heteroatoms. The zero-order valence-corrected chi connectivity index (χ0v) is 20.1. The summed E-state index contributed by atoms with van der Waals surface area (Å²) in [7, 11) is 34.0. The molecular formula is C12H33B13. The van der Waals surface area contributed by atoms with E-state index in [1.807, 2.05) is 0 Å². The minimum atomic E-state index is 0.289. The summed E-state index contributed by atoms with van der Waals surface area (Å²) in [5.74, 6) is 0.675. The Morgan fingerprint density at radius 3 is 1.28 bits per heavy atom. The molecule has 0 amide bonds. The van der Waals surface area contributed by atoms with Crippen molar-refractivity contribution in [2.24, 2.45) is 16.7 Å². The van der Waals surface area contributed by atoms with Gasteiger partial charge in [-0.15, -0.1) is 0 Å². The largest absolute Gasteiger partial charge is 0.107 e. The van der Waals surface area contributed by atoms with Crippen molar-refractivity contribution in [3.63, 3.8) is 0 Å². The highest BCUT2D eigenvalue weighted by molar-refractivity contribution is 6.71. The van der Waals surface area contributed by atoms with E-state index in [0.29, 0.717) is 42.9 Å². The van der Waals surface area contributed by atoms with Gasteiger partial charge in [0.25, 0.3) is 0 Å². The fourth-order valence-corrected chi connectivity index (χ4v) is 11.3. The highest BCUT2D eigenvalue weighted by Gasteiger charge is 3.06. The summed E-state index contributed by atoms with van der Waals surface area (Å²) in [6.07, 6.45) is 0. The lowest BCUT2D eigenvalue weighted by molar-refractivity contribution is -0.0654. The van der Waals surface area contributed by atoms with Crippen molar-refractivity contribution in [3.05, 3.63) is 0 Å². The van der Waals surface area contributed by atoms with Crippen molar-refractivity contribution in [3.8, 4) is 0 Å². The Kier molecular flexibility index (Phi) is 3.47. The third-order valence-corrected chi connectivity index (χ3v) is 13.0. The van der Waals surface area contributed by atoms with Gasteiger partial charge < -0.3 is 0 Å². The molecule has 0 aliphatic heterocycles. The first-order valence-corrected chi connectivity index (χ1v) is 10.7. The summed E-state index contributed by atoms with van der Waals surface area (Å²) < 4.78 is 0. The molecule has 0 N–H and O–H groups in total. The van der Waals surface area contributed by atoms with Crippen molar-refractivity contribution in [2.45, 2.75) is 50.4 Å². The average Bonchev–Trinajstić information content (AvgIpc) is 2.77. The van der Waals surface area contributed by atoms with E-state index in [1.165, 1.54) is 0 Å². The van der Waals surface area contributed by atoms with Crippen LogP contribution in [0.1, 0.15) is 13.8 Å². The van der Waals surface area contributed by atoms with Crippen LogP contribution in [0, 0.1) is 16.7 Å². The van der Waals surface area contributed by atoms with Gasteiger partial charge in [0.1, 0.15) is 23.5 Å². The van der Waals surface area contributed by atoms with E-state index < -0.39 is 0 Å². The van der Waals surface area contributed by atoms with Crippen molar-refractivity contribution >= 4 is 102 Å². The topological polar surface area (TPSA) is 0 Å². The lowest BCUT2D eigenvalue weighted by Gasteiger charge is -2.86. The molecule has 0 aromatic heterocycles. The van der Waals surface area contributed by atoms with Crippen molar-refractivity contribution in [2.75, 3.05) is 0 Å². The molecule has 0 aromatic rings. The molecule has 3 fully saturated rings. The highest BCUT2D eigenvalue weighted by atomic mass is 15.0. The molecule has 3 unspecified atom stereocenters. The second-order valence-corrected chi connectivity index (χ2v) is 13.6. The van der Waals surface area contributed by atoms with Gasteiger partial charge in [0.05, 0.1) is 78.5 Å². The number of rotatable bonds is 2. The molecular weight excluding hydrogens is 285 g/mol. The summed E-state index contributed by atoms with van der Waals surface area (Å²) >= 11 is 0. The van der Waals surface area contributed by atoms with Crippen LogP contribution in [0.3, 0.4) is 0 Å². The second-order valence-electron chi connectivity index (χ2n) is 13.6. The SMILES string of the molecule is BC(B)(C(C)C)C12C(B)(B)C(B)(B)C3(B)C(B)(B)C31C(B)(B)C2(B)B. The van der Waals surface area contributed by atoms with E-state index in [4.69, 9.17) is 0 Å².